The van der Waals surface area contributed by atoms with Gasteiger partial charge in [0.25, 0.3) is 0 Å². The number of anilines is 1. The highest BCUT2D eigenvalue weighted by Crippen LogP contribution is 2.18. The first-order valence-corrected chi connectivity index (χ1v) is 6.41. The lowest BCUT2D eigenvalue weighted by molar-refractivity contribution is -0.0111. The van der Waals surface area contributed by atoms with Crippen molar-refractivity contribution in [2.75, 3.05) is 31.2 Å². The molecule has 2 saturated heterocycles. The lowest BCUT2D eigenvalue weighted by Gasteiger charge is -2.37. The van der Waals surface area contributed by atoms with E-state index in [9.17, 15) is 0 Å². The van der Waals surface area contributed by atoms with E-state index in [4.69, 9.17) is 4.74 Å². The molecule has 92 valence electrons. The van der Waals surface area contributed by atoms with Crippen LogP contribution in [-0.2, 0) is 4.74 Å². The lowest BCUT2D eigenvalue weighted by atomic mass is 10.0. The van der Waals surface area contributed by atoms with E-state index < -0.39 is 0 Å². The minimum absolute atomic E-state index is 0.599. The summed E-state index contributed by atoms with van der Waals surface area (Å²) < 4.78 is 5.18. The Morgan fingerprint density at radius 3 is 2.59 bits per heavy atom. The van der Waals surface area contributed by atoms with Crippen LogP contribution in [0.3, 0.4) is 0 Å². The lowest BCUT2D eigenvalue weighted by Crippen LogP contribution is -2.53. The van der Waals surface area contributed by atoms with Crippen LogP contribution in [0.25, 0.3) is 0 Å². The number of rotatable bonds is 3. The second-order valence-corrected chi connectivity index (χ2v) is 4.85. The van der Waals surface area contributed by atoms with Crippen molar-refractivity contribution in [3.05, 3.63) is 24.4 Å². The Morgan fingerprint density at radius 2 is 2.00 bits per heavy atom. The summed E-state index contributed by atoms with van der Waals surface area (Å²) in [6.07, 6.45) is 4.27. The average Bonchev–Trinajstić information content (AvgIpc) is 2.36. The molecule has 0 unspecified atom stereocenters. The van der Waals surface area contributed by atoms with Gasteiger partial charge in [0.15, 0.2) is 0 Å². The summed E-state index contributed by atoms with van der Waals surface area (Å²) in [7, 11) is 0. The maximum Gasteiger partial charge on any atom is 0.128 e. The highest BCUT2D eigenvalue weighted by atomic mass is 16.5. The second-order valence-electron chi connectivity index (χ2n) is 4.85. The summed E-state index contributed by atoms with van der Waals surface area (Å²) in [5, 5.41) is 3.66. The van der Waals surface area contributed by atoms with Crippen LogP contribution in [0.4, 0.5) is 5.82 Å². The van der Waals surface area contributed by atoms with Crippen molar-refractivity contribution >= 4 is 5.82 Å². The maximum absolute atomic E-state index is 5.18. The normalized spacial score (nSPS) is 22.5. The van der Waals surface area contributed by atoms with E-state index in [1.165, 1.54) is 12.8 Å². The van der Waals surface area contributed by atoms with Gasteiger partial charge in [0.1, 0.15) is 5.82 Å². The molecule has 4 heteroatoms. The number of hydrogen-bond donors (Lipinski definition) is 1. The number of ether oxygens (including phenoxy) is 1. The summed E-state index contributed by atoms with van der Waals surface area (Å²) in [6, 6.07) is 7.37. The number of nitrogens with zero attached hydrogens (tertiary/aromatic N) is 2. The molecule has 1 aromatic rings. The van der Waals surface area contributed by atoms with Crippen molar-refractivity contribution in [3.63, 3.8) is 0 Å². The fourth-order valence-electron chi connectivity index (χ4n) is 2.48. The number of aromatic nitrogens is 1. The fraction of sp³-hybridized carbons (Fsp3) is 0.615. The zero-order valence-corrected chi connectivity index (χ0v) is 10.0. The van der Waals surface area contributed by atoms with E-state index in [0.29, 0.717) is 12.1 Å². The van der Waals surface area contributed by atoms with Gasteiger partial charge in [-0.25, -0.2) is 4.98 Å². The smallest absolute Gasteiger partial charge is 0.128 e. The molecule has 0 saturated carbocycles. The molecule has 0 amide bonds. The molecule has 0 aromatic carbocycles. The van der Waals surface area contributed by atoms with Gasteiger partial charge in [0, 0.05) is 25.3 Å². The Hall–Kier alpha value is -1.13. The number of piperidine rings is 1. The topological polar surface area (TPSA) is 37.4 Å². The molecule has 0 spiro atoms. The van der Waals surface area contributed by atoms with Crippen LogP contribution in [0.5, 0.6) is 0 Å². The predicted octanol–water partition coefficient (Wildman–Crippen LogP) is 1.04. The molecule has 3 heterocycles. The molecule has 1 N–H and O–H groups in total. The molecule has 2 aliphatic rings. The minimum atomic E-state index is 0.599. The Bertz CT molecular complexity index is 345. The first-order valence-electron chi connectivity index (χ1n) is 6.41. The van der Waals surface area contributed by atoms with Gasteiger partial charge in [-0.2, -0.15) is 0 Å². The highest BCUT2D eigenvalue weighted by molar-refractivity contribution is 5.38. The van der Waals surface area contributed by atoms with Crippen LogP contribution in [0.15, 0.2) is 24.4 Å². The van der Waals surface area contributed by atoms with Crippen LogP contribution in [0.1, 0.15) is 12.8 Å². The number of hydrogen-bond acceptors (Lipinski definition) is 4. The summed E-state index contributed by atoms with van der Waals surface area (Å²) in [5.41, 5.74) is 0. The van der Waals surface area contributed by atoms with E-state index in [1.54, 1.807) is 0 Å². The molecule has 0 radical (unpaired) electrons. The molecular weight excluding hydrogens is 214 g/mol. The Balaban J connectivity index is 1.50. The minimum Gasteiger partial charge on any atom is -0.378 e. The molecular formula is C13H19N3O. The van der Waals surface area contributed by atoms with Gasteiger partial charge in [-0.15, -0.1) is 0 Å². The Labute approximate surface area is 102 Å². The third-order valence-electron chi connectivity index (χ3n) is 3.58. The third kappa shape index (κ3) is 2.58. The molecule has 0 aliphatic carbocycles. The zero-order chi connectivity index (χ0) is 11.5. The van der Waals surface area contributed by atoms with Gasteiger partial charge in [-0.1, -0.05) is 6.07 Å². The van der Waals surface area contributed by atoms with Crippen molar-refractivity contribution in [3.8, 4) is 0 Å². The highest BCUT2D eigenvalue weighted by Gasteiger charge is 2.25. The van der Waals surface area contributed by atoms with E-state index in [2.05, 4.69) is 27.3 Å². The molecule has 1 aromatic heterocycles. The Morgan fingerprint density at radius 1 is 1.18 bits per heavy atom. The van der Waals surface area contributed by atoms with E-state index in [1.807, 2.05) is 12.3 Å². The van der Waals surface area contributed by atoms with Gasteiger partial charge in [0.2, 0.25) is 0 Å². The molecule has 3 rings (SSSR count). The van der Waals surface area contributed by atoms with Crippen LogP contribution in [0, 0.1) is 0 Å². The van der Waals surface area contributed by atoms with Crippen molar-refractivity contribution in [1.82, 2.24) is 10.3 Å². The predicted molar refractivity (Wildman–Crippen MR) is 67.2 cm³/mol. The summed E-state index contributed by atoms with van der Waals surface area (Å²) in [4.78, 5) is 6.77. The van der Waals surface area contributed by atoms with Crippen LogP contribution >= 0.6 is 0 Å². The molecule has 0 bridgehead atoms. The first-order chi connectivity index (χ1) is 8.42. The summed E-state index contributed by atoms with van der Waals surface area (Å²) in [6.45, 7) is 3.98. The number of nitrogens with one attached hydrogen (secondary N) is 1. The van der Waals surface area contributed by atoms with Gasteiger partial charge in [-0.05, 0) is 25.0 Å². The maximum atomic E-state index is 5.18. The van der Waals surface area contributed by atoms with Crippen molar-refractivity contribution in [2.45, 2.75) is 24.9 Å². The summed E-state index contributed by atoms with van der Waals surface area (Å²) in [5.74, 6) is 1.11. The SMILES string of the molecule is c1ccc(N2CCC(NC3COC3)CC2)nc1. The Kier molecular flexibility index (Phi) is 3.25. The van der Waals surface area contributed by atoms with Gasteiger partial charge < -0.3 is 15.0 Å². The fourth-order valence-corrected chi connectivity index (χ4v) is 2.48. The molecule has 0 atom stereocenters. The van der Waals surface area contributed by atoms with Crippen molar-refractivity contribution in [1.29, 1.82) is 0 Å². The van der Waals surface area contributed by atoms with Gasteiger partial charge in [0.05, 0.1) is 19.3 Å². The number of pyridine rings is 1. The first kappa shape index (κ1) is 11.0. The van der Waals surface area contributed by atoms with Crippen molar-refractivity contribution < 1.29 is 4.74 Å². The average molecular weight is 233 g/mol. The van der Waals surface area contributed by atoms with E-state index in [-0.39, 0.29) is 0 Å². The van der Waals surface area contributed by atoms with Crippen LogP contribution < -0.4 is 10.2 Å². The standard InChI is InChI=1S/C13H19N3O/c1-2-6-14-13(3-1)16-7-4-11(5-8-16)15-12-9-17-10-12/h1-3,6,11-12,15H,4-5,7-10H2. The molecule has 2 aliphatic heterocycles. The quantitative estimate of drug-likeness (QED) is 0.846. The second kappa shape index (κ2) is 5.02. The molecule has 17 heavy (non-hydrogen) atoms. The van der Waals surface area contributed by atoms with E-state index in [0.717, 1.165) is 32.1 Å². The van der Waals surface area contributed by atoms with E-state index >= 15 is 0 Å². The molecule has 4 nitrogen and oxygen atoms in total. The zero-order valence-electron chi connectivity index (χ0n) is 10.0. The largest absolute Gasteiger partial charge is 0.378 e. The molecule has 2 fully saturated rings. The monoisotopic (exact) mass is 233 g/mol. The third-order valence-corrected chi connectivity index (χ3v) is 3.58. The summed E-state index contributed by atoms with van der Waals surface area (Å²) >= 11 is 0. The van der Waals surface area contributed by atoms with Crippen LogP contribution in [0.2, 0.25) is 0 Å². The van der Waals surface area contributed by atoms with Gasteiger partial charge in [-0.3, -0.25) is 0 Å². The van der Waals surface area contributed by atoms with Crippen LogP contribution in [-0.4, -0.2) is 43.4 Å². The van der Waals surface area contributed by atoms with Crippen molar-refractivity contribution in [2.24, 2.45) is 0 Å². The van der Waals surface area contributed by atoms with Gasteiger partial charge >= 0.3 is 0 Å².